The normalized spacial score (nSPS) is 42.9. The van der Waals surface area contributed by atoms with Crippen molar-refractivity contribution >= 4 is 22.6 Å². The van der Waals surface area contributed by atoms with Gasteiger partial charge in [0.1, 0.15) is 0 Å². The van der Waals surface area contributed by atoms with Crippen LogP contribution in [-0.2, 0) is 6.42 Å². The van der Waals surface area contributed by atoms with E-state index in [1.165, 1.54) is 6.07 Å². The lowest BCUT2D eigenvalue weighted by molar-refractivity contribution is -0.0791. The van der Waals surface area contributed by atoms with Crippen molar-refractivity contribution < 1.29 is 14.6 Å². The highest BCUT2D eigenvalue weighted by atomic mass is 127. The van der Waals surface area contributed by atoms with Crippen molar-refractivity contribution in [2.75, 3.05) is 0 Å². The molecule has 136 valence electrons. The van der Waals surface area contributed by atoms with Crippen LogP contribution in [-0.4, -0.2) is 15.8 Å². The molecule has 2 fully saturated rings. The van der Waals surface area contributed by atoms with Gasteiger partial charge in [0.25, 0.3) is 0 Å². The number of phenolic OH excluding ortho intramolecular Hbond substituents is 1. The Morgan fingerprint density at radius 3 is 2.76 bits per heavy atom. The Morgan fingerprint density at radius 1 is 1.28 bits per heavy atom. The van der Waals surface area contributed by atoms with Gasteiger partial charge in [-0.3, -0.25) is 0 Å². The van der Waals surface area contributed by atoms with Crippen molar-refractivity contribution in [3.8, 4) is 5.75 Å². The van der Waals surface area contributed by atoms with Crippen molar-refractivity contribution in [3.63, 3.8) is 0 Å². The van der Waals surface area contributed by atoms with Gasteiger partial charge >= 0.3 is 0 Å². The van der Waals surface area contributed by atoms with E-state index in [1.807, 2.05) is 16.2 Å². The molecular weight excluding hydrogens is 430 g/mol. The summed E-state index contributed by atoms with van der Waals surface area (Å²) in [6.45, 7) is 4.48. The summed E-state index contributed by atoms with van der Waals surface area (Å²) < 4.78 is 16.4. The second-order valence-corrected chi connectivity index (χ2v) is 9.37. The Bertz CT molecular complexity index is 733. The van der Waals surface area contributed by atoms with Gasteiger partial charge in [-0.2, -0.15) is 0 Å². The fourth-order valence-electron chi connectivity index (χ4n) is 6.42. The molecule has 4 heteroatoms. The first-order valence-corrected chi connectivity index (χ1v) is 10.6. The molecule has 25 heavy (non-hydrogen) atoms. The second-order valence-electron chi connectivity index (χ2n) is 8.65. The van der Waals surface area contributed by atoms with Crippen molar-refractivity contribution in [1.82, 2.24) is 0 Å². The van der Waals surface area contributed by atoms with Crippen molar-refractivity contribution in [1.29, 1.82) is 0 Å². The lowest BCUT2D eigenvalue weighted by Crippen LogP contribution is -2.51. The molecule has 0 aromatic heterocycles. The number of hydrogen-bond donors (Lipinski definition) is 2. The first-order chi connectivity index (χ1) is 11.8. The smallest absolute Gasteiger partial charge is 0.168 e. The maximum Gasteiger partial charge on any atom is 0.168 e. The molecule has 4 rings (SSSR count). The highest BCUT2D eigenvalue weighted by molar-refractivity contribution is 14.1. The summed E-state index contributed by atoms with van der Waals surface area (Å²) in [5, 5.41) is 21.1. The number of fused-ring (bicyclic) bond motifs is 5. The van der Waals surface area contributed by atoms with E-state index >= 15 is 0 Å². The quantitative estimate of drug-likeness (QED) is 0.563. The van der Waals surface area contributed by atoms with Crippen molar-refractivity contribution in [3.05, 3.63) is 39.2 Å². The molecule has 3 aliphatic rings. The van der Waals surface area contributed by atoms with Gasteiger partial charge in [-0.1, -0.05) is 42.5 Å². The van der Waals surface area contributed by atoms with Gasteiger partial charge in [-0.15, -0.1) is 0 Å². The van der Waals surface area contributed by atoms with Crippen LogP contribution in [0.25, 0.3) is 0 Å². The van der Waals surface area contributed by atoms with Gasteiger partial charge in [0.15, 0.2) is 11.6 Å². The summed E-state index contributed by atoms with van der Waals surface area (Å²) in [6, 6.07) is 3.45. The Balaban J connectivity index is 1.77. The van der Waals surface area contributed by atoms with Crippen LogP contribution in [0.4, 0.5) is 4.39 Å². The molecule has 3 aliphatic carbocycles. The number of phenols is 1. The minimum atomic E-state index is -0.718. The molecule has 0 aliphatic heterocycles. The summed E-state index contributed by atoms with van der Waals surface area (Å²) >= 11 is 2.20. The molecule has 0 radical (unpaired) electrons. The minimum absolute atomic E-state index is 0.100. The third-order valence-corrected chi connectivity index (χ3v) is 8.09. The second kappa shape index (κ2) is 5.95. The number of rotatable bonds is 1. The van der Waals surface area contributed by atoms with E-state index in [9.17, 15) is 14.6 Å². The monoisotopic (exact) mass is 456 g/mol. The molecule has 2 nitrogen and oxygen atoms in total. The van der Waals surface area contributed by atoms with Gasteiger partial charge in [-0.25, -0.2) is 4.39 Å². The third kappa shape index (κ3) is 2.35. The number of halogens is 2. The molecule has 2 saturated carbocycles. The zero-order valence-electron chi connectivity index (χ0n) is 14.8. The molecule has 0 bridgehead atoms. The molecular formula is C21H26FIO2. The number of aromatic hydroxyl groups is 1. The third-order valence-electron chi connectivity index (χ3n) is 7.73. The van der Waals surface area contributed by atoms with Crippen LogP contribution >= 0.6 is 22.6 Å². The molecule has 1 aromatic carbocycles. The van der Waals surface area contributed by atoms with Crippen molar-refractivity contribution in [2.45, 2.75) is 57.5 Å². The van der Waals surface area contributed by atoms with E-state index in [0.717, 1.165) is 36.8 Å². The molecule has 0 spiro atoms. The van der Waals surface area contributed by atoms with Gasteiger partial charge in [0.05, 0.1) is 5.60 Å². The number of aliphatic hydroxyl groups is 1. The van der Waals surface area contributed by atoms with Gasteiger partial charge in [0, 0.05) is 5.41 Å². The van der Waals surface area contributed by atoms with Crippen LogP contribution in [0.15, 0.2) is 22.3 Å². The Hall–Kier alpha value is -0.620. The average Bonchev–Trinajstić information content (AvgIpc) is 2.83. The highest BCUT2D eigenvalue weighted by Gasteiger charge is 2.61. The number of benzene rings is 1. The molecule has 0 saturated heterocycles. The molecule has 2 N–H and O–H groups in total. The van der Waals surface area contributed by atoms with E-state index in [-0.39, 0.29) is 11.2 Å². The van der Waals surface area contributed by atoms with E-state index in [4.69, 9.17) is 0 Å². The molecule has 0 heterocycles. The largest absolute Gasteiger partial charge is 0.505 e. The SMILES string of the molecule is C[C@@H]1Cc2c(ccc(O)c2F)[C@H]2CC[C@@]3(C)[C@@H](CC[C@@]3(O)/C=C/I)[C@H]12. The first kappa shape index (κ1) is 17.8. The predicted molar refractivity (Wildman–Crippen MR) is 105 cm³/mol. The zero-order valence-corrected chi connectivity index (χ0v) is 17.0. The molecule has 1 aromatic rings. The van der Waals surface area contributed by atoms with Crippen LogP contribution in [0, 0.1) is 29.0 Å². The fraction of sp³-hybridized carbons (Fsp3) is 0.619. The summed E-state index contributed by atoms with van der Waals surface area (Å²) in [5.41, 5.74) is 0.999. The van der Waals surface area contributed by atoms with Crippen LogP contribution < -0.4 is 0 Å². The average molecular weight is 456 g/mol. The predicted octanol–water partition coefficient (Wildman–Crippen LogP) is 5.31. The van der Waals surface area contributed by atoms with E-state index in [1.54, 1.807) is 0 Å². The van der Waals surface area contributed by atoms with Crippen LogP contribution in [0.2, 0.25) is 0 Å². The standard InChI is InChI=1S/C21H26FIO2/c1-12-11-15-13(3-4-17(24)19(15)22)14-5-7-20(2)16(18(12)14)6-8-21(20,25)9-10-23/h3-4,9-10,12,14,16,18,24-25H,5-8,11H2,1-2H3/b10-9+/t12-,14-,16+,18-,20+,21-/m1/s1. The summed E-state index contributed by atoms with van der Waals surface area (Å²) in [7, 11) is 0. The Labute approximate surface area is 162 Å². The summed E-state index contributed by atoms with van der Waals surface area (Å²) in [4.78, 5) is 0. The first-order valence-electron chi connectivity index (χ1n) is 9.33. The maximum absolute atomic E-state index is 14.5. The summed E-state index contributed by atoms with van der Waals surface area (Å²) in [5.74, 6) is 0.997. The Morgan fingerprint density at radius 2 is 2.04 bits per heavy atom. The molecule has 0 unspecified atom stereocenters. The fourth-order valence-corrected chi connectivity index (χ4v) is 7.01. The Kier molecular flexibility index (Phi) is 4.23. The minimum Gasteiger partial charge on any atom is -0.505 e. The topological polar surface area (TPSA) is 40.5 Å². The number of hydrogen-bond acceptors (Lipinski definition) is 2. The van der Waals surface area contributed by atoms with E-state index in [0.29, 0.717) is 30.1 Å². The van der Waals surface area contributed by atoms with Crippen LogP contribution in [0.1, 0.15) is 56.6 Å². The maximum atomic E-state index is 14.5. The van der Waals surface area contributed by atoms with Crippen molar-refractivity contribution in [2.24, 2.45) is 23.2 Å². The van der Waals surface area contributed by atoms with E-state index in [2.05, 4.69) is 36.4 Å². The lowest BCUT2D eigenvalue weighted by Gasteiger charge is -2.54. The van der Waals surface area contributed by atoms with E-state index < -0.39 is 11.4 Å². The zero-order chi connectivity index (χ0) is 18.0. The van der Waals surface area contributed by atoms with Gasteiger partial charge in [0.2, 0.25) is 0 Å². The van der Waals surface area contributed by atoms with Crippen LogP contribution in [0.5, 0.6) is 5.75 Å². The van der Waals surface area contributed by atoms with Crippen LogP contribution in [0.3, 0.4) is 0 Å². The molecule has 0 amide bonds. The summed E-state index contributed by atoms with van der Waals surface area (Å²) in [6.07, 6.45) is 6.48. The van der Waals surface area contributed by atoms with Gasteiger partial charge in [-0.05, 0) is 83.1 Å². The molecule has 6 atom stereocenters. The highest BCUT2D eigenvalue weighted by Crippen LogP contribution is 2.65. The lowest BCUT2D eigenvalue weighted by atomic mass is 9.51. The van der Waals surface area contributed by atoms with Gasteiger partial charge < -0.3 is 10.2 Å².